The summed E-state index contributed by atoms with van der Waals surface area (Å²) < 4.78 is 6.07. The molecule has 2 aromatic rings. The number of nitrogens with zero attached hydrogens (tertiary/aromatic N) is 1. The zero-order valence-corrected chi connectivity index (χ0v) is 14.3. The molecule has 0 saturated carbocycles. The lowest BCUT2D eigenvalue weighted by atomic mass is 10.0. The Morgan fingerprint density at radius 2 is 2.16 bits per heavy atom. The number of nitrogens with one attached hydrogen (secondary N) is 2. The van der Waals surface area contributed by atoms with Crippen LogP contribution >= 0.6 is 0 Å². The fourth-order valence-corrected chi connectivity index (χ4v) is 2.94. The second-order valence-electron chi connectivity index (χ2n) is 6.15. The SMILES string of the molecule is CC(=O)N[C@@H](C)C(=O)NCC1Cc2cccc(-c3cccnc3)c2O1. The molecule has 1 aromatic heterocycles. The number of carbonyl (C=O) groups excluding carboxylic acids is 2. The molecule has 0 bridgehead atoms. The van der Waals surface area contributed by atoms with Crippen molar-refractivity contribution in [2.45, 2.75) is 32.4 Å². The van der Waals surface area contributed by atoms with Gasteiger partial charge in [0.25, 0.3) is 0 Å². The number of hydrogen-bond donors (Lipinski definition) is 2. The van der Waals surface area contributed by atoms with Crippen LogP contribution in [0.5, 0.6) is 5.75 Å². The molecule has 1 aromatic carbocycles. The molecular formula is C19H21N3O3. The van der Waals surface area contributed by atoms with Crippen LogP contribution in [0.3, 0.4) is 0 Å². The first-order chi connectivity index (χ1) is 12.0. The Kier molecular flexibility index (Phi) is 4.97. The predicted octanol–water partition coefficient (Wildman–Crippen LogP) is 1.69. The van der Waals surface area contributed by atoms with Crippen LogP contribution in [-0.2, 0) is 16.0 Å². The van der Waals surface area contributed by atoms with Gasteiger partial charge in [0, 0.05) is 36.9 Å². The minimum absolute atomic E-state index is 0.124. The van der Waals surface area contributed by atoms with Crippen LogP contribution in [0, 0.1) is 0 Å². The Morgan fingerprint density at radius 3 is 2.88 bits per heavy atom. The third-order valence-electron chi connectivity index (χ3n) is 4.12. The van der Waals surface area contributed by atoms with Gasteiger partial charge in [-0.15, -0.1) is 0 Å². The van der Waals surface area contributed by atoms with Crippen molar-refractivity contribution in [1.29, 1.82) is 0 Å². The van der Waals surface area contributed by atoms with E-state index in [1.54, 1.807) is 13.1 Å². The molecule has 6 nitrogen and oxygen atoms in total. The summed E-state index contributed by atoms with van der Waals surface area (Å²) in [6, 6.07) is 9.38. The molecule has 0 aliphatic carbocycles. The molecule has 130 valence electrons. The number of benzene rings is 1. The minimum atomic E-state index is -0.563. The quantitative estimate of drug-likeness (QED) is 0.869. The summed E-state index contributed by atoms with van der Waals surface area (Å²) in [6.45, 7) is 3.44. The van der Waals surface area contributed by atoms with Gasteiger partial charge in [0.05, 0.1) is 6.54 Å². The third kappa shape index (κ3) is 3.96. The van der Waals surface area contributed by atoms with Crippen LogP contribution in [0.25, 0.3) is 11.1 Å². The number of pyridine rings is 1. The molecule has 0 spiro atoms. The maximum atomic E-state index is 12.0. The summed E-state index contributed by atoms with van der Waals surface area (Å²) in [6.07, 6.45) is 4.16. The average molecular weight is 339 g/mol. The first-order valence-electron chi connectivity index (χ1n) is 8.28. The molecule has 2 atom stereocenters. The van der Waals surface area contributed by atoms with Crippen LogP contribution in [-0.4, -0.2) is 35.5 Å². The molecule has 2 amide bonds. The summed E-state index contributed by atoms with van der Waals surface area (Å²) >= 11 is 0. The minimum Gasteiger partial charge on any atom is -0.487 e. The van der Waals surface area contributed by atoms with Crippen molar-refractivity contribution in [1.82, 2.24) is 15.6 Å². The van der Waals surface area contributed by atoms with Gasteiger partial charge in [0.15, 0.2) is 0 Å². The van der Waals surface area contributed by atoms with Gasteiger partial charge in [-0.05, 0) is 18.6 Å². The van der Waals surface area contributed by atoms with Gasteiger partial charge in [-0.3, -0.25) is 14.6 Å². The van der Waals surface area contributed by atoms with E-state index in [4.69, 9.17) is 4.74 Å². The Morgan fingerprint density at radius 1 is 1.32 bits per heavy atom. The van der Waals surface area contributed by atoms with E-state index in [0.717, 1.165) is 28.9 Å². The zero-order valence-electron chi connectivity index (χ0n) is 14.3. The van der Waals surface area contributed by atoms with Crippen molar-refractivity contribution >= 4 is 11.8 Å². The number of carbonyl (C=O) groups is 2. The first kappa shape index (κ1) is 17.0. The molecular weight excluding hydrogens is 318 g/mol. The van der Waals surface area contributed by atoms with Crippen LogP contribution in [0.15, 0.2) is 42.7 Å². The second kappa shape index (κ2) is 7.34. The van der Waals surface area contributed by atoms with Crippen molar-refractivity contribution in [2.75, 3.05) is 6.54 Å². The van der Waals surface area contributed by atoms with Gasteiger partial charge in [-0.1, -0.05) is 24.3 Å². The lowest BCUT2D eigenvalue weighted by Gasteiger charge is -2.16. The molecule has 1 unspecified atom stereocenters. The van der Waals surface area contributed by atoms with E-state index < -0.39 is 6.04 Å². The molecule has 1 aliphatic rings. The van der Waals surface area contributed by atoms with E-state index in [9.17, 15) is 9.59 Å². The van der Waals surface area contributed by atoms with Crippen molar-refractivity contribution in [3.63, 3.8) is 0 Å². The van der Waals surface area contributed by atoms with Crippen molar-refractivity contribution < 1.29 is 14.3 Å². The van der Waals surface area contributed by atoms with E-state index in [-0.39, 0.29) is 17.9 Å². The summed E-state index contributed by atoms with van der Waals surface area (Å²) in [5.41, 5.74) is 3.13. The smallest absolute Gasteiger partial charge is 0.242 e. The predicted molar refractivity (Wildman–Crippen MR) is 94.1 cm³/mol. The van der Waals surface area contributed by atoms with E-state index in [1.165, 1.54) is 6.92 Å². The number of rotatable bonds is 5. The molecule has 6 heteroatoms. The van der Waals surface area contributed by atoms with Gasteiger partial charge < -0.3 is 15.4 Å². The van der Waals surface area contributed by atoms with Crippen LogP contribution in [0.1, 0.15) is 19.4 Å². The Bertz CT molecular complexity index is 777. The fraction of sp³-hybridized carbons (Fsp3) is 0.316. The molecule has 3 rings (SSSR count). The zero-order chi connectivity index (χ0) is 17.8. The summed E-state index contributed by atoms with van der Waals surface area (Å²) in [7, 11) is 0. The molecule has 2 N–H and O–H groups in total. The topological polar surface area (TPSA) is 80.3 Å². The maximum Gasteiger partial charge on any atom is 0.242 e. The van der Waals surface area contributed by atoms with Gasteiger partial charge >= 0.3 is 0 Å². The first-order valence-corrected chi connectivity index (χ1v) is 8.28. The van der Waals surface area contributed by atoms with Crippen LogP contribution in [0.2, 0.25) is 0 Å². The summed E-state index contributed by atoms with van der Waals surface area (Å²) in [5, 5.41) is 5.40. The highest BCUT2D eigenvalue weighted by atomic mass is 16.5. The van der Waals surface area contributed by atoms with Gasteiger partial charge in [0.2, 0.25) is 11.8 Å². The Hall–Kier alpha value is -2.89. The molecule has 0 radical (unpaired) electrons. The highest BCUT2D eigenvalue weighted by Gasteiger charge is 2.26. The number of fused-ring (bicyclic) bond motifs is 1. The summed E-state index contributed by atoms with van der Waals surface area (Å²) in [4.78, 5) is 27.2. The monoisotopic (exact) mass is 339 g/mol. The third-order valence-corrected chi connectivity index (χ3v) is 4.12. The summed E-state index contributed by atoms with van der Waals surface area (Å²) in [5.74, 6) is 0.403. The van der Waals surface area contributed by atoms with Gasteiger partial charge in [0.1, 0.15) is 17.9 Å². The lowest BCUT2D eigenvalue weighted by molar-refractivity contribution is -0.127. The molecule has 0 saturated heterocycles. The van der Waals surface area contributed by atoms with Crippen LogP contribution in [0.4, 0.5) is 0 Å². The molecule has 25 heavy (non-hydrogen) atoms. The highest BCUT2D eigenvalue weighted by molar-refractivity contribution is 5.86. The lowest BCUT2D eigenvalue weighted by Crippen LogP contribution is -2.46. The fourth-order valence-electron chi connectivity index (χ4n) is 2.94. The molecule has 2 heterocycles. The number of ether oxygens (including phenoxy) is 1. The van der Waals surface area contributed by atoms with Gasteiger partial charge in [-0.2, -0.15) is 0 Å². The number of para-hydroxylation sites is 1. The number of hydrogen-bond acceptors (Lipinski definition) is 4. The van der Waals surface area contributed by atoms with Crippen molar-refractivity contribution in [3.05, 3.63) is 48.3 Å². The largest absolute Gasteiger partial charge is 0.487 e. The second-order valence-corrected chi connectivity index (χ2v) is 6.15. The van der Waals surface area contributed by atoms with Crippen LogP contribution < -0.4 is 15.4 Å². The van der Waals surface area contributed by atoms with Crippen molar-refractivity contribution in [2.24, 2.45) is 0 Å². The maximum absolute atomic E-state index is 12.0. The van der Waals surface area contributed by atoms with E-state index in [2.05, 4.69) is 15.6 Å². The van der Waals surface area contributed by atoms with E-state index >= 15 is 0 Å². The van der Waals surface area contributed by atoms with Crippen molar-refractivity contribution in [3.8, 4) is 16.9 Å². The Labute approximate surface area is 146 Å². The average Bonchev–Trinajstić information content (AvgIpc) is 3.02. The normalized spacial score (nSPS) is 16.5. The van der Waals surface area contributed by atoms with E-state index in [1.807, 2.05) is 36.5 Å². The van der Waals surface area contributed by atoms with E-state index in [0.29, 0.717) is 6.54 Å². The molecule has 0 fully saturated rings. The highest BCUT2D eigenvalue weighted by Crippen LogP contribution is 2.38. The Balaban J connectivity index is 1.64. The molecule has 1 aliphatic heterocycles. The standard InChI is InChI=1S/C19H21N3O3/c1-12(22-13(2)23)19(24)21-11-16-9-14-5-3-7-17(18(14)25-16)15-6-4-8-20-10-15/h3-8,10,12,16H,9,11H2,1-2H3,(H,21,24)(H,22,23)/t12-,16?/m0/s1. The number of amides is 2. The van der Waals surface area contributed by atoms with Gasteiger partial charge in [-0.25, -0.2) is 0 Å². The number of aromatic nitrogens is 1.